The average Bonchev–Trinajstić information content (AvgIpc) is 3.23. The molecule has 0 aromatic heterocycles. The Hall–Kier alpha value is -3.41. The van der Waals surface area contributed by atoms with Gasteiger partial charge in [-0.3, -0.25) is 14.4 Å². The highest BCUT2D eigenvalue weighted by Crippen LogP contribution is 2.13. The molecule has 0 radical (unpaired) electrons. The number of esters is 3. The minimum absolute atomic E-state index is 0.0994. The lowest BCUT2D eigenvalue weighted by Crippen LogP contribution is -2.30. The van der Waals surface area contributed by atoms with Gasteiger partial charge in [-0.15, -0.1) is 0 Å². The van der Waals surface area contributed by atoms with Crippen LogP contribution in [0.25, 0.3) is 0 Å². The molecule has 0 aliphatic carbocycles. The minimum Gasteiger partial charge on any atom is -0.462 e. The zero-order valence-electron chi connectivity index (χ0n) is 38.2. The second kappa shape index (κ2) is 47.3. The van der Waals surface area contributed by atoms with Crippen LogP contribution in [0.1, 0.15) is 213 Å². The van der Waals surface area contributed by atoms with Gasteiger partial charge in [-0.25, -0.2) is 0 Å². The molecule has 0 aliphatic heterocycles. The largest absolute Gasteiger partial charge is 0.462 e. The van der Waals surface area contributed by atoms with E-state index < -0.39 is 6.10 Å². The Morgan fingerprint density at radius 3 is 1.25 bits per heavy atom. The van der Waals surface area contributed by atoms with Crippen molar-refractivity contribution in [2.45, 2.75) is 219 Å². The molecule has 0 rings (SSSR count). The lowest BCUT2D eigenvalue weighted by Gasteiger charge is -2.18. The Morgan fingerprint density at radius 1 is 0.373 bits per heavy atom. The van der Waals surface area contributed by atoms with Crippen LogP contribution in [0.2, 0.25) is 0 Å². The van der Waals surface area contributed by atoms with Crippen LogP contribution in [0.15, 0.2) is 85.1 Å². The first kappa shape index (κ1) is 55.6. The van der Waals surface area contributed by atoms with Gasteiger partial charge in [0, 0.05) is 19.3 Å². The van der Waals surface area contributed by atoms with Gasteiger partial charge in [0.05, 0.1) is 0 Å². The molecule has 1 unspecified atom stereocenters. The van der Waals surface area contributed by atoms with Crippen LogP contribution in [0.3, 0.4) is 0 Å². The normalized spacial score (nSPS) is 12.8. The molecule has 1 atom stereocenters. The molecule has 59 heavy (non-hydrogen) atoms. The lowest BCUT2D eigenvalue weighted by atomic mass is 10.1. The van der Waals surface area contributed by atoms with Gasteiger partial charge in [0.2, 0.25) is 0 Å². The van der Waals surface area contributed by atoms with Gasteiger partial charge in [-0.2, -0.15) is 0 Å². The summed E-state index contributed by atoms with van der Waals surface area (Å²) in [6, 6.07) is 0. The molecule has 0 saturated heterocycles. The number of hydrogen-bond donors (Lipinski definition) is 0. The summed E-state index contributed by atoms with van der Waals surface area (Å²) in [7, 11) is 0. The van der Waals surface area contributed by atoms with E-state index in [1.54, 1.807) is 0 Å². The summed E-state index contributed by atoms with van der Waals surface area (Å²) < 4.78 is 16.7. The molecule has 6 nitrogen and oxygen atoms in total. The van der Waals surface area contributed by atoms with Crippen LogP contribution in [0.5, 0.6) is 0 Å². The molecule has 0 amide bonds. The average molecular weight is 821 g/mol. The van der Waals surface area contributed by atoms with Crippen LogP contribution >= 0.6 is 0 Å². The maximum Gasteiger partial charge on any atom is 0.306 e. The van der Waals surface area contributed by atoms with Gasteiger partial charge >= 0.3 is 17.9 Å². The molecule has 0 heterocycles. The Kier molecular flexibility index (Phi) is 44.5. The second-order valence-electron chi connectivity index (χ2n) is 15.7. The molecule has 0 aromatic carbocycles. The number of allylic oxidation sites excluding steroid dienone is 14. The number of unbranched alkanes of at least 4 members (excludes halogenated alkanes) is 20. The molecule has 6 heteroatoms. The van der Waals surface area contributed by atoms with Crippen molar-refractivity contribution in [3.05, 3.63) is 85.1 Å². The predicted molar refractivity (Wildman–Crippen MR) is 251 cm³/mol. The molecule has 0 saturated carbocycles. The number of rotatable bonds is 42. The SMILES string of the molecule is CC/C=C\C/C=C\C/C=C\CCCCC(=O)OC(COC(=O)CCCCCCC\C=C/C=C\C=C/C=C\CCCCC)COC(=O)CCCCCCCCCCCCC. The van der Waals surface area contributed by atoms with Gasteiger partial charge in [0.25, 0.3) is 0 Å². The van der Waals surface area contributed by atoms with Gasteiger partial charge < -0.3 is 14.2 Å². The third-order valence-electron chi connectivity index (χ3n) is 9.98. The smallest absolute Gasteiger partial charge is 0.306 e. The molecule has 336 valence electrons. The van der Waals surface area contributed by atoms with Crippen molar-refractivity contribution in [2.75, 3.05) is 13.2 Å². The molecular formula is C53H88O6. The lowest BCUT2D eigenvalue weighted by molar-refractivity contribution is -0.167. The summed E-state index contributed by atoms with van der Waals surface area (Å²) in [5.41, 5.74) is 0. The molecule has 0 bridgehead atoms. The summed E-state index contributed by atoms with van der Waals surface area (Å²) in [6.45, 7) is 6.41. The second-order valence-corrected chi connectivity index (χ2v) is 15.7. The maximum absolute atomic E-state index is 12.7. The molecule has 0 N–H and O–H groups in total. The fourth-order valence-electron chi connectivity index (χ4n) is 6.35. The van der Waals surface area contributed by atoms with Crippen LogP contribution in [-0.2, 0) is 28.6 Å². The summed E-state index contributed by atoms with van der Waals surface area (Å²) in [6.07, 6.45) is 59.9. The van der Waals surface area contributed by atoms with Crippen LogP contribution in [0.4, 0.5) is 0 Å². The van der Waals surface area contributed by atoms with E-state index in [4.69, 9.17) is 14.2 Å². The van der Waals surface area contributed by atoms with Crippen molar-refractivity contribution >= 4 is 17.9 Å². The molecule has 0 aromatic rings. The maximum atomic E-state index is 12.7. The molecule has 0 spiro atoms. The first-order valence-corrected chi connectivity index (χ1v) is 24.1. The third kappa shape index (κ3) is 45.5. The van der Waals surface area contributed by atoms with Crippen molar-refractivity contribution in [3.8, 4) is 0 Å². The van der Waals surface area contributed by atoms with Crippen LogP contribution in [-0.4, -0.2) is 37.2 Å². The van der Waals surface area contributed by atoms with E-state index in [1.165, 1.54) is 70.6 Å². The zero-order valence-corrected chi connectivity index (χ0v) is 38.2. The van der Waals surface area contributed by atoms with Crippen LogP contribution in [0, 0.1) is 0 Å². The topological polar surface area (TPSA) is 78.9 Å². The van der Waals surface area contributed by atoms with E-state index in [2.05, 4.69) is 106 Å². The summed E-state index contributed by atoms with van der Waals surface area (Å²) >= 11 is 0. The van der Waals surface area contributed by atoms with Crippen molar-refractivity contribution in [3.63, 3.8) is 0 Å². The standard InChI is InChI=1S/C53H88O6/c1-4-7-10-13-16-19-22-24-25-26-27-28-29-32-34-37-40-43-46-52(55)58-49-50(48-57-51(54)45-42-39-36-33-30-21-18-15-12-9-6-3)59-53(56)47-44-41-38-35-31-23-20-17-14-11-8-5-2/h8,11,16-17,19-20,22,24-28,31,35,50H,4-7,9-10,12-15,18,21,23,29-30,32-34,36-49H2,1-3H3/b11-8-,19-16-,20-17-,24-22-,26-25-,28-27-,35-31-. The number of carbonyl (C=O) groups is 3. The Morgan fingerprint density at radius 2 is 0.729 bits per heavy atom. The highest BCUT2D eigenvalue weighted by Gasteiger charge is 2.19. The quantitative estimate of drug-likeness (QED) is 0.0201. The third-order valence-corrected chi connectivity index (χ3v) is 9.98. The minimum atomic E-state index is -0.803. The van der Waals surface area contributed by atoms with E-state index in [1.807, 2.05) is 0 Å². The van der Waals surface area contributed by atoms with Crippen LogP contribution < -0.4 is 0 Å². The van der Waals surface area contributed by atoms with Gasteiger partial charge in [-0.05, 0) is 77.0 Å². The van der Waals surface area contributed by atoms with Crippen molar-refractivity contribution in [1.82, 2.24) is 0 Å². The fourth-order valence-corrected chi connectivity index (χ4v) is 6.35. The van der Waals surface area contributed by atoms with Crippen molar-refractivity contribution in [2.24, 2.45) is 0 Å². The Balaban J connectivity index is 4.46. The number of carbonyl (C=O) groups excluding carboxylic acids is 3. The van der Waals surface area contributed by atoms with Gasteiger partial charge in [-0.1, -0.05) is 202 Å². The van der Waals surface area contributed by atoms with Gasteiger partial charge in [0.15, 0.2) is 6.10 Å². The van der Waals surface area contributed by atoms with Crippen molar-refractivity contribution in [1.29, 1.82) is 0 Å². The first-order chi connectivity index (χ1) is 29.0. The summed E-state index contributed by atoms with van der Waals surface area (Å²) in [5.74, 6) is -0.968. The first-order valence-electron chi connectivity index (χ1n) is 24.1. The van der Waals surface area contributed by atoms with E-state index in [0.29, 0.717) is 19.3 Å². The Labute approximate surface area is 363 Å². The highest BCUT2D eigenvalue weighted by atomic mass is 16.6. The summed E-state index contributed by atoms with van der Waals surface area (Å²) in [4.78, 5) is 37.8. The van der Waals surface area contributed by atoms with E-state index in [0.717, 1.165) is 96.3 Å². The van der Waals surface area contributed by atoms with E-state index >= 15 is 0 Å². The number of ether oxygens (including phenoxy) is 3. The highest BCUT2D eigenvalue weighted by molar-refractivity contribution is 5.71. The van der Waals surface area contributed by atoms with E-state index in [9.17, 15) is 14.4 Å². The fraction of sp³-hybridized carbons (Fsp3) is 0.679. The van der Waals surface area contributed by atoms with Gasteiger partial charge in [0.1, 0.15) is 13.2 Å². The summed E-state index contributed by atoms with van der Waals surface area (Å²) in [5, 5.41) is 0. The molecule has 0 aliphatic rings. The zero-order chi connectivity index (χ0) is 43.0. The molecular weight excluding hydrogens is 733 g/mol. The van der Waals surface area contributed by atoms with E-state index in [-0.39, 0.29) is 37.5 Å². The van der Waals surface area contributed by atoms with Crippen molar-refractivity contribution < 1.29 is 28.6 Å². The number of hydrogen-bond acceptors (Lipinski definition) is 6. The monoisotopic (exact) mass is 821 g/mol. The Bertz CT molecular complexity index is 1170. The predicted octanol–water partition coefficient (Wildman–Crippen LogP) is 15.6. The molecule has 0 fully saturated rings.